The molecule has 0 atom stereocenters. The summed E-state index contributed by atoms with van der Waals surface area (Å²) in [6, 6.07) is 0. The van der Waals surface area contributed by atoms with Crippen LogP contribution in [0, 0.1) is 0 Å². The van der Waals surface area contributed by atoms with E-state index in [1.165, 1.54) is 0 Å². The molecule has 9 heteroatoms. The third kappa shape index (κ3) is 6.00. The average molecular weight is 378 g/mol. The zero-order chi connectivity index (χ0) is 16.8. The number of unbranched alkanes of at least 4 members (excludes halogenated alkanes) is 3. The van der Waals surface area contributed by atoms with Crippen LogP contribution in [0.4, 0.5) is 0 Å². The first-order valence-corrected chi connectivity index (χ1v) is 7.80. The number of ether oxygens (including phenoxy) is 1. The predicted octanol–water partition coefficient (Wildman–Crippen LogP) is 0.502. The number of aromatic amines is 2. The average Bonchev–Trinajstić information content (AvgIpc) is 2.38. The Morgan fingerprint density at radius 3 is 2.18 bits per heavy atom. The maximum Gasteiger partial charge on any atom is 0.333 e. The zero-order valence-corrected chi connectivity index (χ0v) is 14.2. The third-order valence-electron chi connectivity index (χ3n) is 2.93. The van der Waals surface area contributed by atoms with Crippen LogP contribution in [-0.4, -0.2) is 31.4 Å². The molecule has 8 nitrogen and oxygen atoms in total. The van der Waals surface area contributed by atoms with E-state index in [0.717, 1.165) is 17.4 Å². The highest BCUT2D eigenvalue weighted by Gasteiger charge is 2.24. The smallest absolute Gasteiger partial charge is 0.333 e. The van der Waals surface area contributed by atoms with Gasteiger partial charge in [-0.15, -0.1) is 0 Å². The topological polar surface area (TPSA) is 114 Å². The van der Waals surface area contributed by atoms with Gasteiger partial charge in [-0.25, -0.2) is 19.0 Å². The second-order valence-electron chi connectivity index (χ2n) is 5.36. The highest BCUT2D eigenvalue weighted by atomic mass is 79.9. The lowest BCUT2D eigenvalue weighted by molar-refractivity contribution is -0.145. The van der Waals surface area contributed by atoms with E-state index in [1.54, 1.807) is 13.8 Å². The summed E-state index contributed by atoms with van der Waals surface area (Å²) in [5.41, 5.74) is -2.22. The van der Waals surface area contributed by atoms with Gasteiger partial charge in [0.1, 0.15) is 4.32 Å². The Kier molecular flexibility index (Phi) is 6.79. The number of hydrogen-bond donors (Lipinski definition) is 2. The van der Waals surface area contributed by atoms with E-state index in [9.17, 15) is 19.2 Å². The second kappa shape index (κ2) is 8.11. The number of halogens is 1. The highest BCUT2D eigenvalue weighted by Crippen LogP contribution is 2.17. The summed E-state index contributed by atoms with van der Waals surface area (Å²) in [4.78, 5) is 49.2. The van der Waals surface area contributed by atoms with Crippen molar-refractivity contribution in [2.75, 3.05) is 6.61 Å². The lowest BCUT2D eigenvalue weighted by atomic mass is 10.2. The monoisotopic (exact) mass is 377 g/mol. The first-order valence-electron chi connectivity index (χ1n) is 7.01. The lowest BCUT2D eigenvalue weighted by Gasteiger charge is -2.14. The third-order valence-corrected chi connectivity index (χ3v) is 3.25. The minimum absolute atomic E-state index is 0.235. The minimum atomic E-state index is -0.803. The van der Waals surface area contributed by atoms with Crippen molar-refractivity contribution >= 4 is 21.9 Å². The molecule has 0 amide bonds. The summed E-state index contributed by atoms with van der Waals surface area (Å²) in [5, 5.41) is 0. The Morgan fingerprint density at radius 1 is 1.09 bits per heavy atom. The van der Waals surface area contributed by atoms with Crippen molar-refractivity contribution in [3.8, 4) is 0 Å². The number of nitrogens with zero attached hydrogens (tertiary/aromatic N) is 1. The van der Waals surface area contributed by atoms with Gasteiger partial charge < -0.3 is 4.74 Å². The van der Waals surface area contributed by atoms with E-state index in [1.807, 2.05) is 9.97 Å². The molecule has 0 saturated carbocycles. The minimum Gasteiger partial charge on any atom is -0.465 e. The van der Waals surface area contributed by atoms with Crippen molar-refractivity contribution in [2.24, 2.45) is 0 Å². The number of carbonyl (C=O) groups excluding carboxylic acids is 1. The molecule has 0 aliphatic rings. The summed E-state index contributed by atoms with van der Waals surface area (Å²) in [7, 11) is 0. The van der Waals surface area contributed by atoms with Crippen LogP contribution < -0.4 is 17.1 Å². The largest absolute Gasteiger partial charge is 0.465 e. The quantitative estimate of drug-likeness (QED) is 0.389. The molecular formula is C13H20BrN3O5. The van der Waals surface area contributed by atoms with Crippen molar-refractivity contribution < 1.29 is 9.53 Å². The van der Waals surface area contributed by atoms with Crippen LogP contribution in [0.3, 0.4) is 0 Å². The summed E-state index contributed by atoms with van der Waals surface area (Å²) in [6.45, 7) is 4.01. The highest BCUT2D eigenvalue weighted by molar-refractivity contribution is 9.10. The molecule has 22 heavy (non-hydrogen) atoms. The number of esters is 1. The zero-order valence-electron chi connectivity index (χ0n) is 12.6. The standard InChI is InChI=1S/C13H20BrN3O5/c1-13(2,14)9(18)22-8-6-4-3-5-7-17-11(20)15-10(19)16-12(17)21/h3-8H2,1-2H3,(H2,15,16,19,20,21). The van der Waals surface area contributed by atoms with E-state index < -0.39 is 21.4 Å². The van der Waals surface area contributed by atoms with E-state index >= 15 is 0 Å². The molecule has 2 N–H and O–H groups in total. The SMILES string of the molecule is CC(C)(Br)C(=O)OCCCCCCn1c(=O)[nH]c(=O)[nH]c1=O. The fraction of sp³-hybridized carbons (Fsp3) is 0.692. The molecule has 0 unspecified atom stereocenters. The number of hydrogen-bond acceptors (Lipinski definition) is 5. The number of rotatable bonds is 8. The first kappa shape index (κ1) is 18.4. The Hall–Kier alpha value is -1.64. The normalized spacial score (nSPS) is 11.4. The van der Waals surface area contributed by atoms with Gasteiger partial charge in [-0.3, -0.25) is 14.8 Å². The van der Waals surface area contributed by atoms with Gasteiger partial charge in [0.2, 0.25) is 0 Å². The fourth-order valence-corrected chi connectivity index (χ4v) is 1.83. The van der Waals surface area contributed by atoms with Crippen LogP contribution in [0.2, 0.25) is 0 Å². The molecule has 0 fully saturated rings. The van der Waals surface area contributed by atoms with Crippen molar-refractivity contribution in [1.29, 1.82) is 0 Å². The van der Waals surface area contributed by atoms with Gasteiger partial charge in [0, 0.05) is 6.54 Å². The Labute approximate surface area is 135 Å². The van der Waals surface area contributed by atoms with Gasteiger partial charge in [0.25, 0.3) is 0 Å². The van der Waals surface area contributed by atoms with Crippen molar-refractivity contribution in [2.45, 2.75) is 50.4 Å². The van der Waals surface area contributed by atoms with E-state index in [2.05, 4.69) is 15.9 Å². The molecule has 1 aromatic rings. The molecular weight excluding hydrogens is 358 g/mol. The lowest BCUT2D eigenvalue weighted by Crippen LogP contribution is -2.43. The van der Waals surface area contributed by atoms with Gasteiger partial charge in [0.05, 0.1) is 6.61 Å². The maximum absolute atomic E-state index is 11.5. The van der Waals surface area contributed by atoms with Crippen molar-refractivity contribution in [1.82, 2.24) is 14.5 Å². The fourth-order valence-electron chi connectivity index (χ4n) is 1.72. The molecule has 0 bridgehead atoms. The van der Waals surface area contributed by atoms with E-state index in [-0.39, 0.29) is 12.5 Å². The summed E-state index contributed by atoms with van der Waals surface area (Å²) < 4.78 is 5.36. The molecule has 0 aromatic carbocycles. The molecule has 1 rings (SSSR count). The van der Waals surface area contributed by atoms with Crippen LogP contribution in [0.1, 0.15) is 39.5 Å². The van der Waals surface area contributed by atoms with Crippen LogP contribution in [-0.2, 0) is 16.1 Å². The first-order chi connectivity index (χ1) is 10.2. The van der Waals surface area contributed by atoms with Gasteiger partial charge >= 0.3 is 23.0 Å². The summed E-state index contributed by atoms with van der Waals surface area (Å²) >= 11 is 3.22. The number of carbonyl (C=O) groups is 1. The molecule has 0 saturated heterocycles. The molecule has 0 radical (unpaired) electrons. The van der Waals surface area contributed by atoms with Gasteiger partial charge in [-0.05, 0) is 33.1 Å². The number of nitrogens with one attached hydrogen (secondary N) is 2. The molecule has 1 aromatic heterocycles. The Morgan fingerprint density at radius 2 is 1.64 bits per heavy atom. The van der Waals surface area contributed by atoms with Crippen LogP contribution in [0.25, 0.3) is 0 Å². The van der Waals surface area contributed by atoms with Crippen molar-refractivity contribution in [3.05, 3.63) is 31.5 Å². The number of alkyl halides is 1. The van der Waals surface area contributed by atoms with Crippen LogP contribution in [0.5, 0.6) is 0 Å². The molecule has 0 aliphatic heterocycles. The number of H-pyrrole nitrogens is 2. The summed E-state index contributed by atoms with van der Waals surface area (Å²) in [5.74, 6) is -0.307. The van der Waals surface area contributed by atoms with Gasteiger partial charge in [-0.2, -0.15) is 0 Å². The van der Waals surface area contributed by atoms with Crippen molar-refractivity contribution in [3.63, 3.8) is 0 Å². The Balaban J connectivity index is 2.25. The van der Waals surface area contributed by atoms with E-state index in [4.69, 9.17) is 4.74 Å². The number of aromatic nitrogens is 3. The molecule has 1 heterocycles. The maximum atomic E-state index is 11.5. The van der Waals surface area contributed by atoms with Gasteiger partial charge in [-0.1, -0.05) is 22.4 Å². The summed E-state index contributed by atoms with van der Waals surface area (Å²) in [6.07, 6.45) is 2.92. The van der Waals surface area contributed by atoms with Crippen LogP contribution >= 0.6 is 15.9 Å². The predicted molar refractivity (Wildman–Crippen MR) is 84.4 cm³/mol. The Bertz CT molecular complexity index is 633. The molecule has 124 valence electrons. The second-order valence-corrected chi connectivity index (χ2v) is 7.35. The van der Waals surface area contributed by atoms with Gasteiger partial charge in [0.15, 0.2) is 0 Å². The molecule has 0 spiro atoms. The van der Waals surface area contributed by atoms with E-state index in [0.29, 0.717) is 19.4 Å². The van der Waals surface area contributed by atoms with Crippen LogP contribution in [0.15, 0.2) is 14.4 Å². The molecule has 0 aliphatic carbocycles.